The number of nitrogens with one attached hydrogen (secondary N) is 1. The van der Waals surface area contributed by atoms with Gasteiger partial charge in [-0.2, -0.15) is 0 Å². The third-order valence-electron chi connectivity index (χ3n) is 1.38. The molecule has 6 heteroatoms. The molecule has 1 heterocycles. The Morgan fingerprint density at radius 1 is 1.92 bits per heavy atom. The van der Waals surface area contributed by atoms with Gasteiger partial charge in [-0.05, 0) is 0 Å². The molecule has 0 saturated carbocycles. The van der Waals surface area contributed by atoms with Crippen LogP contribution < -0.4 is 5.73 Å². The first-order chi connectivity index (χ1) is 5.74. The van der Waals surface area contributed by atoms with Gasteiger partial charge >= 0.3 is 80.7 Å². The number of nitrogens with two attached hydrogens (primary N) is 1. The van der Waals surface area contributed by atoms with Crippen LogP contribution in [0, 0.1) is 0 Å². The third-order valence-corrected chi connectivity index (χ3v) is 1.78. The standard InChI is InChI=1S/C6H9N3O2.Mo/c7-5(6(10)11)1-4-2-8-3-9-4;/h2-3,5H,1,7H2,(H,8,9)(H,10,11);/q;+1/p-1/t5-;/m0./s1. The van der Waals surface area contributed by atoms with Gasteiger partial charge in [0.25, 0.3) is 0 Å². The number of carbonyl (C=O) groups is 1. The fourth-order valence-corrected chi connectivity index (χ4v) is 1.08. The van der Waals surface area contributed by atoms with Gasteiger partial charge in [0.05, 0.1) is 0 Å². The average molecular weight is 250 g/mol. The second-order valence-electron chi connectivity index (χ2n) is 2.29. The molecule has 1 atom stereocenters. The first kappa shape index (κ1) is 9.42. The van der Waals surface area contributed by atoms with Crippen molar-refractivity contribution in [2.24, 2.45) is 5.73 Å². The molecule has 5 nitrogen and oxygen atoms in total. The van der Waals surface area contributed by atoms with Crippen LogP contribution in [0.3, 0.4) is 0 Å². The Balaban J connectivity index is 2.47. The van der Waals surface area contributed by atoms with Gasteiger partial charge in [-0.25, -0.2) is 0 Å². The van der Waals surface area contributed by atoms with Crippen LogP contribution in [0.2, 0.25) is 0 Å². The minimum atomic E-state index is -0.613. The number of hydrogen-bond donors (Lipinski definition) is 2. The van der Waals surface area contributed by atoms with Gasteiger partial charge in [0.2, 0.25) is 0 Å². The molecule has 65 valence electrons. The van der Waals surface area contributed by atoms with E-state index in [4.69, 9.17) is 5.73 Å². The number of aromatic amines is 1. The Kier molecular flexibility index (Phi) is 3.44. The second kappa shape index (κ2) is 4.38. The Hall–Kier alpha value is -0.672. The predicted molar refractivity (Wildman–Crippen MR) is 36.4 cm³/mol. The quantitative estimate of drug-likeness (QED) is 0.694. The zero-order chi connectivity index (χ0) is 8.97. The second-order valence-corrected chi connectivity index (χ2v) is 2.70. The fourth-order valence-electron chi connectivity index (χ4n) is 0.778. The van der Waals surface area contributed by atoms with Crippen molar-refractivity contribution in [1.29, 1.82) is 0 Å². The van der Waals surface area contributed by atoms with Gasteiger partial charge in [-0.1, -0.05) is 0 Å². The summed E-state index contributed by atoms with van der Waals surface area (Å²) < 4.78 is 4.47. The average Bonchev–Trinajstić information content (AvgIpc) is 2.55. The number of H-pyrrole nitrogens is 1. The topological polar surface area (TPSA) is 81.0 Å². The Bertz CT molecular complexity index is 249. The molecule has 0 aliphatic heterocycles. The van der Waals surface area contributed by atoms with Crippen LogP contribution in [-0.4, -0.2) is 22.0 Å². The predicted octanol–water partition coefficient (Wildman–Crippen LogP) is -0.716. The van der Waals surface area contributed by atoms with E-state index in [1.165, 1.54) is 20.2 Å². The molecular formula is C6H8MoN3O2. The summed E-state index contributed by atoms with van der Waals surface area (Å²) in [6.07, 6.45) is 3.60. The number of nitrogens with zero attached hydrogens (tertiary/aromatic N) is 1. The molecular weight excluding hydrogens is 242 g/mol. The van der Waals surface area contributed by atoms with E-state index in [2.05, 4.69) is 13.4 Å². The van der Waals surface area contributed by atoms with Crippen molar-refractivity contribution < 1.29 is 28.4 Å². The molecule has 0 aromatic carbocycles. The summed E-state index contributed by atoms with van der Waals surface area (Å²) in [6, 6.07) is -0.613. The van der Waals surface area contributed by atoms with Crippen molar-refractivity contribution in [3.05, 3.63) is 18.2 Å². The van der Waals surface area contributed by atoms with E-state index in [1.807, 2.05) is 0 Å². The van der Waals surface area contributed by atoms with Gasteiger partial charge in [0.1, 0.15) is 0 Å². The van der Waals surface area contributed by atoms with E-state index in [0.29, 0.717) is 6.42 Å². The van der Waals surface area contributed by atoms with Crippen molar-refractivity contribution in [2.45, 2.75) is 12.5 Å². The molecule has 3 N–H and O–H groups in total. The zero-order valence-corrected chi connectivity index (χ0v) is 8.20. The monoisotopic (exact) mass is 252 g/mol. The molecule has 0 saturated heterocycles. The molecule has 1 aromatic heterocycles. The van der Waals surface area contributed by atoms with Crippen molar-refractivity contribution in [1.82, 2.24) is 9.97 Å². The molecule has 0 radical (unpaired) electrons. The summed E-state index contributed by atoms with van der Waals surface area (Å²) in [4.78, 5) is 17.5. The van der Waals surface area contributed by atoms with Crippen molar-refractivity contribution in [3.8, 4) is 0 Å². The molecule has 0 aliphatic carbocycles. The van der Waals surface area contributed by atoms with Crippen molar-refractivity contribution in [3.63, 3.8) is 0 Å². The zero-order valence-electron chi connectivity index (χ0n) is 6.19. The summed E-state index contributed by atoms with van der Waals surface area (Å²) in [6.45, 7) is 0. The number of carbonyl (C=O) groups excluding carboxylic acids is 1. The number of imidazole rings is 1. The Morgan fingerprint density at radius 2 is 2.67 bits per heavy atom. The van der Waals surface area contributed by atoms with Crippen LogP contribution >= 0.6 is 0 Å². The van der Waals surface area contributed by atoms with E-state index >= 15 is 0 Å². The van der Waals surface area contributed by atoms with Gasteiger partial charge in [0, 0.05) is 0 Å². The third kappa shape index (κ3) is 2.43. The summed E-state index contributed by atoms with van der Waals surface area (Å²) in [5.74, 6) is -0.408. The van der Waals surface area contributed by atoms with Gasteiger partial charge < -0.3 is 0 Å². The number of rotatable bonds is 3. The summed E-state index contributed by atoms with van der Waals surface area (Å²) >= 11 is 1.25. The van der Waals surface area contributed by atoms with Crippen LogP contribution in [0.1, 0.15) is 5.69 Å². The van der Waals surface area contributed by atoms with Crippen LogP contribution in [0.4, 0.5) is 0 Å². The molecule has 0 amide bonds. The Morgan fingerprint density at radius 3 is 3.17 bits per heavy atom. The first-order valence-corrected chi connectivity index (χ1v) is 4.12. The van der Waals surface area contributed by atoms with E-state index < -0.39 is 12.0 Å². The summed E-state index contributed by atoms with van der Waals surface area (Å²) in [5.41, 5.74) is 6.33. The van der Waals surface area contributed by atoms with Crippen LogP contribution in [0.25, 0.3) is 0 Å². The first-order valence-electron chi connectivity index (χ1n) is 3.30. The van der Waals surface area contributed by atoms with Crippen LogP contribution in [0.15, 0.2) is 12.5 Å². The molecule has 12 heavy (non-hydrogen) atoms. The Labute approximate surface area is 81.1 Å². The molecule has 0 fully saturated rings. The number of aromatic nitrogens is 2. The van der Waals surface area contributed by atoms with E-state index in [1.54, 1.807) is 12.5 Å². The molecule has 1 rings (SSSR count). The van der Waals surface area contributed by atoms with Gasteiger partial charge in [-0.15, -0.1) is 0 Å². The SMILES string of the molecule is N[C@@H](Cc1cnc[nH]1)C(=O)[O][Mo]. The van der Waals surface area contributed by atoms with Crippen LogP contribution in [0.5, 0.6) is 0 Å². The summed E-state index contributed by atoms with van der Waals surface area (Å²) in [7, 11) is 0. The van der Waals surface area contributed by atoms with Gasteiger partial charge in [-0.3, -0.25) is 0 Å². The maximum atomic E-state index is 10.9. The van der Waals surface area contributed by atoms with Gasteiger partial charge in [0.15, 0.2) is 0 Å². The fraction of sp³-hybridized carbons (Fsp3) is 0.333. The summed E-state index contributed by atoms with van der Waals surface area (Å²) in [5, 5.41) is 0. The van der Waals surface area contributed by atoms with Crippen molar-refractivity contribution in [2.75, 3.05) is 0 Å². The molecule has 0 spiro atoms. The maximum absolute atomic E-state index is 10.9. The normalized spacial score (nSPS) is 12.4. The molecule has 0 unspecified atom stereocenters. The van der Waals surface area contributed by atoms with Crippen LogP contribution in [-0.2, 0) is 34.8 Å². The molecule has 0 aliphatic rings. The van der Waals surface area contributed by atoms with E-state index in [9.17, 15) is 4.79 Å². The molecule has 0 bridgehead atoms. The van der Waals surface area contributed by atoms with E-state index in [0.717, 1.165) is 5.69 Å². The number of hydrogen-bond acceptors (Lipinski definition) is 4. The van der Waals surface area contributed by atoms with E-state index in [-0.39, 0.29) is 0 Å². The minimum absolute atomic E-state index is 0.408. The van der Waals surface area contributed by atoms with Crippen molar-refractivity contribution >= 4 is 5.97 Å². The molecule has 1 aromatic rings.